The molecule has 0 unspecified atom stereocenters. The highest BCUT2D eigenvalue weighted by Gasteiger charge is 2.34. The third kappa shape index (κ3) is 11.6. The van der Waals surface area contributed by atoms with Gasteiger partial charge in [0.25, 0.3) is 5.91 Å². The van der Waals surface area contributed by atoms with Crippen molar-refractivity contribution in [3.8, 4) is 0 Å². The van der Waals surface area contributed by atoms with Crippen LogP contribution in [-0.4, -0.2) is 70.1 Å². The number of methoxy groups -OCH3 is 1. The van der Waals surface area contributed by atoms with Crippen LogP contribution in [0.5, 0.6) is 0 Å². The summed E-state index contributed by atoms with van der Waals surface area (Å²) >= 11 is 12.0. The Balaban J connectivity index is 2.83. The van der Waals surface area contributed by atoms with Gasteiger partial charge in [0, 0.05) is 25.3 Å². The summed E-state index contributed by atoms with van der Waals surface area (Å²) in [5.74, 6) is -0.625. The molecule has 2 amide bonds. The molecule has 0 fully saturated rings. The van der Waals surface area contributed by atoms with Gasteiger partial charge in [0.15, 0.2) is 0 Å². The van der Waals surface area contributed by atoms with Gasteiger partial charge in [-0.05, 0) is 57.0 Å². The minimum atomic E-state index is -0.453. The number of hydrogen-bond donors (Lipinski definition) is 2. The number of carbonyl (C=O) groups excluding carboxylic acids is 2. The predicted octanol–water partition coefficient (Wildman–Crippen LogP) is 4.07. The Kier molecular flexibility index (Phi) is 14.7. The van der Waals surface area contributed by atoms with Crippen molar-refractivity contribution in [2.75, 3.05) is 40.5 Å². The molecule has 1 rings (SSSR count). The van der Waals surface area contributed by atoms with Crippen LogP contribution < -0.4 is 10.6 Å². The molecule has 0 aliphatic rings. The van der Waals surface area contributed by atoms with Crippen molar-refractivity contribution in [3.63, 3.8) is 0 Å². The van der Waals surface area contributed by atoms with E-state index in [-0.39, 0.29) is 36.0 Å². The van der Waals surface area contributed by atoms with Crippen LogP contribution in [0.25, 0.3) is 0 Å². The lowest BCUT2D eigenvalue weighted by Gasteiger charge is -2.32. The van der Waals surface area contributed by atoms with E-state index in [1.54, 1.807) is 19.2 Å². The predicted molar refractivity (Wildman–Crippen MR) is 136 cm³/mol. The number of halogens is 2. The van der Waals surface area contributed by atoms with Gasteiger partial charge in [-0.25, -0.2) is 0 Å². The molecule has 1 atom stereocenters. The number of carbonyl (C=O) groups is 2. The Morgan fingerprint density at radius 1 is 1.18 bits per heavy atom. The summed E-state index contributed by atoms with van der Waals surface area (Å²) in [6.45, 7) is 8.20. The lowest BCUT2D eigenvalue weighted by molar-refractivity contribution is -0.120. The third-order valence-corrected chi connectivity index (χ3v) is 5.64. The molecule has 0 aliphatic carbocycles. The van der Waals surface area contributed by atoms with Gasteiger partial charge in [0.2, 0.25) is 5.91 Å². The lowest BCUT2D eigenvalue weighted by atomic mass is 9.67. The van der Waals surface area contributed by atoms with E-state index in [0.29, 0.717) is 24.2 Å². The van der Waals surface area contributed by atoms with E-state index in [1.807, 2.05) is 7.05 Å². The van der Waals surface area contributed by atoms with Crippen molar-refractivity contribution in [3.05, 3.63) is 33.8 Å². The summed E-state index contributed by atoms with van der Waals surface area (Å²) in [5.41, 5.74) is 0.231. The van der Waals surface area contributed by atoms with Gasteiger partial charge in [-0.3, -0.25) is 9.59 Å². The molecular formula is C23H38BCl2N3O4. The molecular weight excluding hydrogens is 464 g/mol. The van der Waals surface area contributed by atoms with Crippen LogP contribution in [-0.2, 0) is 14.2 Å². The quantitative estimate of drug-likeness (QED) is 0.263. The highest BCUT2D eigenvalue weighted by Crippen LogP contribution is 2.20. The van der Waals surface area contributed by atoms with Crippen LogP contribution in [0.2, 0.25) is 10.0 Å². The summed E-state index contributed by atoms with van der Waals surface area (Å²) in [5, 5.41) is 6.36. The Labute approximate surface area is 209 Å². The second-order valence-corrected chi connectivity index (χ2v) is 9.40. The Morgan fingerprint density at radius 2 is 1.91 bits per heavy atom. The smallest absolute Gasteiger partial charge is 0.406 e. The molecule has 0 bridgehead atoms. The molecule has 2 N–H and O–H groups in total. The number of benzene rings is 1. The minimum absolute atomic E-state index is 0.175. The summed E-state index contributed by atoms with van der Waals surface area (Å²) in [6.07, 6.45) is 3.57. The number of nitrogens with zero attached hydrogens (tertiary/aromatic N) is 1. The first kappa shape index (κ1) is 29.7. The number of hydrogen-bond acceptors (Lipinski definition) is 5. The topological polar surface area (TPSA) is 79.9 Å². The lowest BCUT2D eigenvalue weighted by Crippen LogP contribution is -2.58. The SMILES string of the molecule is CCCCOB([C@H](CC(C)C)NC(=O)CNC(=O)c1cc(Cl)ccc1Cl)N(C)CCCOC. The standard InChI is InChI=1S/C23H38BCl2N3O4/c1-6-7-13-33-24(29(4)11-8-12-32-5)21(14-17(2)3)28-22(30)16-27-23(31)19-15-18(25)9-10-20(19)26/h9-10,15,17,21H,6-8,11-14,16H2,1-5H3,(H,27,31)(H,28,30)/t21-/m0/s1. The summed E-state index contributed by atoms with van der Waals surface area (Å²) in [7, 11) is 3.40. The van der Waals surface area contributed by atoms with E-state index in [1.165, 1.54) is 6.07 Å². The van der Waals surface area contributed by atoms with Gasteiger partial charge in [-0.2, -0.15) is 0 Å². The number of ether oxygens (including phenoxy) is 1. The first-order chi connectivity index (χ1) is 15.7. The van der Waals surface area contributed by atoms with Gasteiger partial charge >= 0.3 is 7.05 Å². The number of amides is 2. The highest BCUT2D eigenvalue weighted by atomic mass is 35.5. The Morgan fingerprint density at radius 3 is 2.55 bits per heavy atom. The normalized spacial score (nSPS) is 12.2. The number of nitrogens with one attached hydrogen (secondary N) is 2. The zero-order valence-electron chi connectivity index (χ0n) is 20.5. The second-order valence-electron chi connectivity index (χ2n) is 8.55. The Bertz CT molecular complexity index is 740. The van der Waals surface area contributed by atoms with Crippen LogP contribution in [0.15, 0.2) is 18.2 Å². The average Bonchev–Trinajstić information content (AvgIpc) is 2.76. The van der Waals surface area contributed by atoms with E-state index in [0.717, 1.165) is 32.2 Å². The van der Waals surface area contributed by atoms with Gasteiger partial charge in [0.1, 0.15) is 0 Å². The van der Waals surface area contributed by atoms with Crippen LogP contribution in [0.1, 0.15) is 56.8 Å². The molecule has 10 heteroatoms. The highest BCUT2D eigenvalue weighted by molar-refractivity contribution is 6.51. The summed E-state index contributed by atoms with van der Waals surface area (Å²) in [6, 6.07) is 4.63. The minimum Gasteiger partial charge on any atom is -0.420 e. The van der Waals surface area contributed by atoms with E-state index in [4.69, 9.17) is 32.6 Å². The van der Waals surface area contributed by atoms with Crippen LogP contribution in [0.3, 0.4) is 0 Å². The van der Waals surface area contributed by atoms with E-state index >= 15 is 0 Å². The van der Waals surface area contributed by atoms with Crippen molar-refractivity contribution < 1.29 is 19.0 Å². The molecule has 1 aromatic carbocycles. The largest absolute Gasteiger partial charge is 0.420 e. The van der Waals surface area contributed by atoms with E-state index in [9.17, 15) is 9.59 Å². The first-order valence-corrected chi connectivity index (χ1v) is 12.3. The molecule has 33 heavy (non-hydrogen) atoms. The molecule has 0 aromatic heterocycles. The van der Waals surface area contributed by atoms with Gasteiger partial charge in [-0.1, -0.05) is 50.4 Å². The number of rotatable bonds is 16. The van der Waals surface area contributed by atoms with Gasteiger partial charge in [-0.15, -0.1) is 0 Å². The maximum atomic E-state index is 12.8. The van der Waals surface area contributed by atoms with Crippen LogP contribution >= 0.6 is 23.2 Å². The van der Waals surface area contributed by atoms with Gasteiger partial charge in [0.05, 0.1) is 23.1 Å². The maximum absolute atomic E-state index is 12.8. The van der Waals surface area contributed by atoms with E-state index in [2.05, 4.69) is 36.2 Å². The molecule has 1 aromatic rings. The van der Waals surface area contributed by atoms with Crippen molar-refractivity contribution in [1.29, 1.82) is 0 Å². The monoisotopic (exact) mass is 501 g/mol. The molecule has 7 nitrogen and oxygen atoms in total. The summed E-state index contributed by atoms with van der Waals surface area (Å²) in [4.78, 5) is 27.3. The summed E-state index contributed by atoms with van der Waals surface area (Å²) < 4.78 is 11.4. The molecule has 0 saturated carbocycles. The fraction of sp³-hybridized carbons (Fsp3) is 0.652. The Hall–Kier alpha value is -1.32. The average molecular weight is 502 g/mol. The fourth-order valence-corrected chi connectivity index (χ4v) is 3.80. The molecule has 0 heterocycles. The van der Waals surface area contributed by atoms with E-state index < -0.39 is 5.91 Å². The van der Waals surface area contributed by atoms with Crippen LogP contribution in [0.4, 0.5) is 0 Å². The van der Waals surface area contributed by atoms with Crippen molar-refractivity contribution in [1.82, 2.24) is 15.4 Å². The van der Waals surface area contributed by atoms with Crippen molar-refractivity contribution in [2.24, 2.45) is 5.92 Å². The second kappa shape index (κ2) is 16.3. The zero-order chi connectivity index (χ0) is 24.8. The van der Waals surface area contributed by atoms with Crippen molar-refractivity contribution in [2.45, 2.75) is 52.4 Å². The number of unbranched alkanes of at least 4 members (excludes halogenated alkanes) is 1. The third-order valence-electron chi connectivity index (χ3n) is 5.08. The fourth-order valence-electron chi connectivity index (χ4n) is 3.42. The first-order valence-electron chi connectivity index (χ1n) is 11.5. The zero-order valence-corrected chi connectivity index (χ0v) is 22.0. The van der Waals surface area contributed by atoms with Crippen molar-refractivity contribution >= 4 is 42.1 Å². The maximum Gasteiger partial charge on any atom is 0.406 e. The molecule has 0 radical (unpaired) electrons. The molecule has 0 aliphatic heterocycles. The van der Waals surface area contributed by atoms with Gasteiger partial charge < -0.3 is 24.8 Å². The van der Waals surface area contributed by atoms with Crippen LogP contribution in [0, 0.1) is 5.92 Å². The molecule has 0 saturated heterocycles. The molecule has 0 spiro atoms. The molecule has 186 valence electrons.